The molecule has 11 heteroatoms. The number of aryl methyl sites for hydroxylation is 1. The summed E-state index contributed by atoms with van der Waals surface area (Å²) in [5.41, 5.74) is 1.49. The molecule has 0 aliphatic heterocycles. The van der Waals surface area contributed by atoms with Gasteiger partial charge >= 0.3 is 0 Å². The monoisotopic (exact) mass is 453 g/mol. The molecule has 1 fully saturated rings. The number of carbonyl (C=O) groups excluding carboxylic acids is 1. The Morgan fingerprint density at radius 3 is 2.37 bits per heavy atom. The van der Waals surface area contributed by atoms with Crippen molar-refractivity contribution in [1.82, 2.24) is 4.72 Å². The van der Waals surface area contributed by atoms with Gasteiger partial charge in [0.2, 0.25) is 20.0 Å². The maximum Gasteiger partial charge on any atom is 0.255 e. The van der Waals surface area contributed by atoms with Crippen molar-refractivity contribution in [1.29, 1.82) is 0 Å². The molecule has 1 amide bonds. The molecule has 1 aliphatic rings. The summed E-state index contributed by atoms with van der Waals surface area (Å²) < 4.78 is 58.4. The number of amides is 1. The second-order valence-electron chi connectivity index (χ2n) is 7.12. The van der Waals surface area contributed by atoms with Crippen LogP contribution in [0.25, 0.3) is 0 Å². The van der Waals surface area contributed by atoms with Gasteiger partial charge in [-0.15, -0.1) is 0 Å². The lowest BCUT2D eigenvalue weighted by atomic mass is 10.1. The summed E-state index contributed by atoms with van der Waals surface area (Å²) in [6.45, 7) is 1.73. The number of hydrogen-bond donors (Lipinski definition) is 3. The highest BCUT2D eigenvalue weighted by molar-refractivity contribution is 7.92. The number of hydrogen-bond acceptors (Lipinski definition) is 6. The molecule has 9 nitrogen and oxygen atoms in total. The number of ether oxygens (including phenoxy) is 1. The molecule has 1 aliphatic carbocycles. The van der Waals surface area contributed by atoms with Crippen LogP contribution in [0.5, 0.6) is 5.75 Å². The van der Waals surface area contributed by atoms with Crippen molar-refractivity contribution in [2.24, 2.45) is 0 Å². The van der Waals surface area contributed by atoms with E-state index in [-0.39, 0.29) is 22.3 Å². The molecule has 0 saturated heterocycles. The third kappa shape index (κ3) is 5.49. The van der Waals surface area contributed by atoms with Crippen LogP contribution in [0.4, 0.5) is 11.4 Å². The Hall–Kier alpha value is -2.63. The molecule has 0 spiro atoms. The van der Waals surface area contributed by atoms with E-state index in [2.05, 4.69) is 14.8 Å². The fourth-order valence-corrected chi connectivity index (χ4v) is 4.84. The maximum atomic E-state index is 12.7. The Bertz CT molecular complexity index is 1190. The molecule has 0 atom stereocenters. The van der Waals surface area contributed by atoms with Gasteiger partial charge in [0.05, 0.1) is 19.1 Å². The largest absolute Gasteiger partial charge is 0.495 e. The van der Waals surface area contributed by atoms with Gasteiger partial charge in [-0.1, -0.05) is 6.07 Å². The zero-order valence-corrected chi connectivity index (χ0v) is 18.4. The Labute approximate surface area is 175 Å². The molecule has 1 saturated carbocycles. The predicted octanol–water partition coefficient (Wildman–Crippen LogP) is 2.07. The van der Waals surface area contributed by atoms with Crippen LogP contribution < -0.4 is 19.5 Å². The molecule has 3 N–H and O–H groups in total. The van der Waals surface area contributed by atoms with Crippen LogP contribution in [0.1, 0.15) is 28.8 Å². The molecular weight excluding hydrogens is 430 g/mol. The molecule has 30 heavy (non-hydrogen) atoms. The Balaban J connectivity index is 1.87. The van der Waals surface area contributed by atoms with Crippen LogP contribution in [0.2, 0.25) is 0 Å². The summed E-state index contributed by atoms with van der Waals surface area (Å²) in [6, 6.07) is 8.80. The topological polar surface area (TPSA) is 131 Å². The van der Waals surface area contributed by atoms with Crippen LogP contribution in [0, 0.1) is 6.92 Å². The van der Waals surface area contributed by atoms with Gasteiger partial charge in [0.25, 0.3) is 5.91 Å². The molecule has 0 unspecified atom stereocenters. The quantitative estimate of drug-likeness (QED) is 0.561. The molecular formula is C19H23N3O6S2. The molecule has 0 radical (unpaired) electrons. The van der Waals surface area contributed by atoms with Gasteiger partial charge in [0, 0.05) is 17.3 Å². The highest BCUT2D eigenvalue weighted by atomic mass is 32.2. The molecule has 2 aromatic rings. The van der Waals surface area contributed by atoms with Gasteiger partial charge in [-0.25, -0.2) is 21.6 Å². The van der Waals surface area contributed by atoms with Gasteiger partial charge in [-0.3, -0.25) is 9.52 Å². The minimum absolute atomic E-state index is 0.0921. The van der Waals surface area contributed by atoms with E-state index in [0.717, 1.165) is 19.1 Å². The summed E-state index contributed by atoms with van der Waals surface area (Å²) in [5, 5.41) is 2.65. The SMILES string of the molecule is COc1ccc(C(=O)Nc2ccc(C)c(NS(C)(=O)=O)c2)cc1S(=O)(=O)NC1CC1. The summed E-state index contributed by atoms with van der Waals surface area (Å²) >= 11 is 0. The molecule has 162 valence electrons. The van der Waals surface area contributed by atoms with E-state index in [1.54, 1.807) is 19.1 Å². The number of rotatable bonds is 8. The van der Waals surface area contributed by atoms with E-state index >= 15 is 0 Å². The van der Waals surface area contributed by atoms with Crippen molar-refractivity contribution in [3.63, 3.8) is 0 Å². The van der Waals surface area contributed by atoms with Crippen LogP contribution in [0.15, 0.2) is 41.3 Å². The smallest absolute Gasteiger partial charge is 0.255 e. The molecule has 0 aromatic heterocycles. The number of methoxy groups -OCH3 is 1. The number of carbonyl (C=O) groups is 1. The minimum Gasteiger partial charge on any atom is -0.495 e. The molecule has 3 rings (SSSR count). The van der Waals surface area contributed by atoms with E-state index in [1.165, 1.54) is 31.4 Å². The zero-order valence-electron chi connectivity index (χ0n) is 16.7. The van der Waals surface area contributed by atoms with Crippen molar-refractivity contribution in [3.8, 4) is 5.75 Å². The lowest BCUT2D eigenvalue weighted by molar-refractivity contribution is 0.102. The number of anilines is 2. The van der Waals surface area contributed by atoms with Crippen LogP contribution in [-0.4, -0.2) is 42.2 Å². The van der Waals surface area contributed by atoms with Crippen LogP contribution >= 0.6 is 0 Å². The van der Waals surface area contributed by atoms with Crippen molar-refractivity contribution < 1.29 is 26.4 Å². The third-order valence-corrected chi connectivity index (χ3v) is 6.54. The first kappa shape index (κ1) is 22.1. The second kappa shape index (κ2) is 8.25. The summed E-state index contributed by atoms with van der Waals surface area (Å²) in [5.74, 6) is -0.413. The summed E-state index contributed by atoms with van der Waals surface area (Å²) in [4.78, 5) is 12.6. The minimum atomic E-state index is -3.83. The molecule has 0 bridgehead atoms. The van der Waals surface area contributed by atoms with Crippen molar-refractivity contribution in [2.45, 2.75) is 30.7 Å². The lowest BCUT2D eigenvalue weighted by Gasteiger charge is -2.13. The highest BCUT2D eigenvalue weighted by Crippen LogP contribution is 2.29. The van der Waals surface area contributed by atoms with E-state index in [1.807, 2.05) is 0 Å². The first-order valence-electron chi connectivity index (χ1n) is 9.09. The van der Waals surface area contributed by atoms with Crippen molar-refractivity contribution in [2.75, 3.05) is 23.4 Å². The van der Waals surface area contributed by atoms with Crippen LogP contribution in [-0.2, 0) is 20.0 Å². The average Bonchev–Trinajstić information content (AvgIpc) is 3.46. The average molecular weight is 454 g/mol. The molecule has 0 heterocycles. The maximum absolute atomic E-state index is 12.7. The van der Waals surface area contributed by atoms with Gasteiger partial charge in [-0.05, 0) is 55.7 Å². The second-order valence-corrected chi connectivity index (χ2v) is 10.6. The number of sulfonamides is 2. The Morgan fingerprint density at radius 2 is 1.77 bits per heavy atom. The van der Waals surface area contributed by atoms with Gasteiger partial charge < -0.3 is 10.1 Å². The summed E-state index contributed by atoms with van der Waals surface area (Å²) in [6.07, 6.45) is 2.59. The normalized spacial score (nSPS) is 14.2. The standard InChI is InChI=1S/C19H23N3O6S2/c1-12-4-6-15(11-16(12)22-29(3,24)25)20-19(23)13-5-9-17(28-2)18(10-13)30(26,27)21-14-7-8-14/h4-6,9-11,14,21-22H,7-8H2,1-3H3,(H,20,23). The predicted molar refractivity (Wildman–Crippen MR) is 114 cm³/mol. The zero-order chi connectivity index (χ0) is 22.1. The van der Waals surface area contributed by atoms with Crippen LogP contribution in [0.3, 0.4) is 0 Å². The van der Waals surface area contributed by atoms with Crippen molar-refractivity contribution >= 4 is 37.3 Å². The van der Waals surface area contributed by atoms with E-state index in [0.29, 0.717) is 16.9 Å². The van der Waals surface area contributed by atoms with Gasteiger partial charge in [0.1, 0.15) is 10.6 Å². The fraction of sp³-hybridized carbons (Fsp3) is 0.316. The first-order chi connectivity index (χ1) is 14.0. The molecule has 2 aromatic carbocycles. The van der Waals surface area contributed by atoms with Crippen molar-refractivity contribution in [3.05, 3.63) is 47.5 Å². The van der Waals surface area contributed by atoms with E-state index in [9.17, 15) is 21.6 Å². The van der Waals surface area contributed by atoms with Gasteiger partial charge in [-0.2, -0.15) is 0 Å². The van der Waals surface area contributed by atoms with E-state index in [4.69, 9.17) is 4.74 Å². The lowest BCUT2D eigenvalue weighted by Crippen LogP contribution is -2.26. The number of nitrogens with one attached hydrogen (secondary N) is 3. The third-order valence-electron chi connectivity index (χ3n) is 4.41. The number of benzene rings is 2. The highest BCUT2D eigenvalue weighted by Gasteiger charge is 2.30. The van der Waals surface area contributed by atoms with Gasteiger partial charge in [0.15, 0.2) is 0 Å². The Kier molecular flexibility index (Phi) is 6.06. The van der Waals surface area contributed by atoms with E-state index < -0.39 is 26.0 Å². The Morgan fingerprint density at radius 1 is 1.07 bits per heavy atom. The first-order valence-corrected chi connectivity index (χ1v) is 12.5. The summed E-state index contributed by atoms with van der Waals surface area (Å²) in [7, 11) is -5.96. The fourth-order valence-electron chi connectivity index (χ4n) is 2.72.